The molecule has 2 aliphatic carbocycles. The molecule has 6 nitrogen and oxygen atoms in total. The first-order chi connectivity index (χ1) is 10.7. The molecule has 1 aromatic carbocycles. The molecule has 0 saturated heterocycles. The fourth-order valence-corrected chi connectivity index (χ4v) is 4.73. The van der Waals surface area contributed by atoms with Crippen LogP contribution in [0.25, 0.3) is 0 Å². The number of Topliss-reactive ketones (excluding diaryl/α,β-unsaturated/α-hetero) is 1. The summed E-state index contributed by atoms with van der Waals surface area (Å²) < 4.78 is 24.3. The number of hydrogen-bond acceptors (Lipinski definition) is 4. The number of carbonyl (C=O) groups excluding carboxylic acids is 2. The van der Waals surface area contributed by atoms with Crippen LogP contribution >= 0.6 is 0 Å². The van der Waals surface area contributed by atoms with Crippen LogP contribution < -0.4 is 10.3 Å². The summed E-state index contributed by atoms with van der Waals surface area (Å²) in [6, 6.07) is 7.76. The first kappa shape index (κ1) is 16.1. The van der Waals surface area contributed by atoms with Crippen molar-refractivity contribution in [2.24, 2.45) is 16.7 Å². The van der Waals surface area contributed by atoms with Crippen LogP contribution in [-0.2, 0) is 19.6 Å². The number of carbonyl (C=O) groups is 2. The van der Waals surface area contributed by atoms with Crippen LogP contribution in [0.2, 0.25) is 0 Å². The highest BCUT2D eigenvalue weighted by Crippen LogP contribution is 2.60. The van der Waals surface area contributed by atoms with E-state index in [9.17, 15) is 18.0 Å². The third-order valence-corrected chi connectivity index (χ3v) is 6.61. The van der Waals surface area contributed by atoms with E-state index in [1.807, 2.05) is 13.8 Å². The maximum Gasteiger partial charge on any atom is 0.257 e. The molecule has 2 saturated carbocycles. The highest BCUT2D eigenvalue weighted by molar-refractivity contribution is 7.89. The minimum Gasteiger partial charge on any atom is -0.298 e. The maximum absolute atomic E-state index is 12.6. The van der Waals surface area contributed by atoms with Crippen molar-refractivity contribution in [3.05, 3.63) is 30.3 Å². The third kappa shape index (κ3) is 2.38. The lowest BCUT2D eigenvalue weighted by Crippen LogP contribution is -2.52. The van der Waals surface area contributed by atoms with E-state index in [0.29, 0.717) is 12.8 Å². The summed E-state index contributed by atoms with van der Waals surface area (Å²) in [5, 5.41) is 0. The smallest absolute Gasteiger partial charge is 0.257 e. The van der Waals surface area contributed by atoms with Crippen LogP contribution in [0.4, 0.5) is 0 Å². The molecule has 1 aromatic rings. The number of hydrogen-bond donors (Lipinski definition) is 2. The molecule has 7 heteroatoms. The van der Waals surface area contributed by atoms with Gasteiger partial charge in [0, 0.05) is 5.41 Å². The van der Waals surface area contributed by atoms with Gasteiger partial charge in [-0.3, -0.25) is 15.0 Å². The van der Waals surface area contributed by atoms with E-state index in [1.54, 1.807) is 18.2 Å². The Labute approximate surface area is 135 Å². The number of sulfonamides is 1. The van der Waals surface area contributed by atoms with Crippen LogP contribution in [0.5, 0.6) is 0 Å². The molecule has 2 bridgehead atoms. The number of nitrogens with one attached hydrogen (secondary N) is 2. The van der Waals surface area contributed by atoms with Gasteiger partial charge >= 0.3 is 0 Å². The summed E-state index contributed by atoms with van der Waals surface area (Å²) >= 11 is 0. The van der Waals surface area contributed by atoms with Gasteiger partial charge in [0.15, 0.2) is 5.78 Å². The van der Waals surface area contributed by atoms with Gasteiger partial charge in [0.1, 0.15) is 5.41 Å². The number of hydrazine groups is 1. The second kappa shape index (κ2) is 5.14. The molecule has 0 spiro atoms. The molecule has 3 rings (SSSR count). The monoisotopic (exact) mass is 336 g/mol. The molecular weight excluding hydrogens is 316 g/mol. The molecular formula is C16H20N2O4S. The molecule has 2 aliphatic rings. The van der Waals surface area contributed by atoms with Crippen molar-refractivity contribution in [3.8, 4) is 0 Å². The standard InChI is InChI=1S/C16H20N2O4S/c1-15(2)11-8-9-16(10-11,13(15)19)14(20)17-18-23(21,22)12-6-4-3-5-7-12/h3-7,11,18H,8-10H2,1-2H3,(H,17,20). The summed E-state index contributed by atoms with van der Waals surface area (Å²) in [5.41, 5.74) is 0.642. The molecule has 0 aromatic heterocycles. The SMILES string of the molecule is CC1(C)C(=O)C2(C(=O)NNS(=O)(=O)c3ccccc3)CCC1C2. The normalized spacial score (nSPS) is 28.8. The van der Waals surface area contributed by atoms with E-state index < -0.39 is 26.8 Å². The summed E-state index contributed by atoms with van der Waals surface area (Å²) in [5.74, 6) is -0.445. The fourth-order valence-electron chi connectivity index (χ4n) is 3.87. The van der Waals surface area contributed by atoms with Crippen LogP contribution in [0.15, 0.2) is 35.2 Å². The topological polar surface area (TPSA) is 92.3 Å². The average molecular weight is 336 g/mol. The van der Waals surface area contributed by atoms with E-state index >= 15 is 0 Å². The summed E-state index contributed by atoms with van der Waals surface area (Å²) in [4.78, 5) is 27.3. The summed E-state index contributed by atoms with van der Waals surface area (Å²) in [7, 11) is -3.85. The molecule has 2 N–H and O–H groups in total. The van der Waals surface area contributed by atoms with E-state index in [4.69, 9.17) is 0 Å². The molecule has 0 heterocycles. The number of fused-ring (bicyclic) bond motifs is 2. The number of ketones is 1. The first-order valence-corrected chi connectivity index (χ1v) is 9.11. The van der Waals surface area contributed by atoms with Crippen LogP contribution in [0.1, 0.15) is 33.1 Å². The molecule has 1 amide bonds. The predicted octanol–water partition coefficient (Wildman–Crippen LogP) is 1.39. The Bertz CT molecular complexity index is 758. The largest absolute Gasteiger partial charge is 0.298 e. The van der Waals surface area contributed by atoms with Gasteiger partial charge in [-0.05, 0) is 37.3 Å². The van der Waals surface area contributed by atoms with E-state index in [-0.39, 0.29) is 16.6 Å². The van der Waals surface area contributed by atoms with Gasteiger partial charge in [-0.1, -0.05) is 32.0 Å². The van der Waals surface area contributed by atoms with Crippen LogP contribution in [-0.4, -0.2) is 20.1 Å². The zero-order valence-electron chi connectivity index (χ0n) is 13.1. The second-order valence-corrected chi connectivity index (χ2v) is 8.63. The van der Waals surface area contributed by atoms with Gasteiger partial charge in [0.25, 0.3) is 10.0 Å². The van der Waals surface area contributed by atoms with Crippen LogP contribution in [0.3, 0.4) is 0 Å². The second-order valence-electron chi connectivity index (χ2n) is 6.95. The lowest BCUT2D eigenvalue weighted by molar-refractivity contribution is -0.145. The van der Waals surface area contributed by atoms with Crippen molar-refractivity contribution in [3.63, 3.8) is 0 Å². The Kier molecular flexibility index (Phi) is 3.61. The highest BCUT2D eigenvalue weighted by atomic mass is 32.2. The Morgan fingerprint density at radius 1 is 1.22 bits per heavy atom. The quantitative estimate of drug-likeness (QED) is 0.642. The van der Waals surface area contributed by atoms with Gasteiger partial charge in [0.2, 0.25) is 5.91 Å². The lowest BCUT2D eigenvalue weighted by Gasteiger charge is -2.32. The number of rotatable bonds is 4. The van der Waals surface area contributed by atoms with Crippen molar-refractivity contribution in [1.82, 2.24) is 10.3 Å². The van der Waals surface area contributed by atoms with Gasteiger partial charge in [-0.2, -0.15) is 0 Å². The highest BCUT2D eigenvalue weighted by Gasteiger charge is 2.65. The molecule has 23 heavy (non-hydrogen) atoms. The predicted molar refractivity (Wildman–Crippen MR) is 83.5 cm³/mol. The lowest BCUT2D eigenvalue weighted by atomic mass is 9.70. The number of benzene rings is 1. The molecule has 2 fully saturated rings. The number of amides is 1. The van der Waals surface area contributed by atoms with Gasteiger partial charge in [-0.25, -0.2) is 8.42 Å². The minimum absolute atomic E-state index is 0.0557. The van der Waals surface area contributed by atoms with Gasteiger partial charge in [0.05, 0.1) is 4.90 Å². The summed E-state index contributed by atoms with van der Waals surface area (Å²) in [6.07, 6.45) is 1.80. The maximum atomic E-state index is 12.6. The Morgan fingerprint density at radius 2 is 1.87 bits per heavy atom. The van der Waals surface area contributed by atoms with Crippen molar-refractivity contribution in [2.75, 3.05) is 0 Å². The zero-order chi connectivity index (χ0) is 16.9. The van der Waals surface area contributed by atoms with Gasteiger partial charge < -0.3 is 0 Å². The van der Waals surface area contributed by atoms with Gasteiger partial charge in [-0.15, -0.1) is 4.83 Å². The minimum atomic E-state index is -3.85. The average Bonchev–Trinajstić information content (AvgIpc) is 3.06. The molecule has 2 unspecified atom stereocenters. The van der Waals surface area contributed by atoms with E-state index in [1.165, 1.54) is 12.1 Å². The Morgan fingerprint density at radius 3 is 2.43 bits per heavy atom. The van der Waals surface area contributed by atoms with Crippen molar-refractivity contribution >= 4 is 21.7 Å². The van der Waals surface area contributed by atoms with Crippen LogP contribution in [0, 0.1) is 16.7 Å². The molecule has 2 atom stereocenters. The Hall–Kier alpha value is -1.73. The molecule has 0 radical (unpaired) electrons. The zero-order valence-corrected chi connectivity index (χ0v) is 13.9. The van der Waals surface area contributed by atoms with Crippen molar-refractivity contribution in [1.29, 1.82) is 0 Å². The van der Waals surface area contributed by atoms with Crippen molar-refractivity contribution in [2.45, 2.75) is 38.0 Å². The Balaban J connectivity index is 1.75. The van der Waals surface area contributed by atoms with E-state index in [2.05, 4.69) is 10.3 Å². The first-order valence-electron chi connectivity index (χ1n) is 7.62. The summed E-state index contributed by atoms with van der Waals surface area (Å²) in [6.45, 7) is 3.73. The van der Waals surface area contributed by atoms with Crippen molar-refractivity contribution < 1.29 is 18.0 Å². The van der Waals surface area contributed by atoms with E-state index in [0.717, 1.165) is 6.42 Å². The third-order valence-electron chi connectivity index (χ3n) is 5.34. The molecule has 124 valence electrons. The molecule has 0 aliphatic heterocycles. The fraction of sp³-hybridized carbons (Fsp3) is 0.500.